The van der Waals surface area contributed by atoms with Gasteiger partial charge in [0.2, 0.25) is 0 Å². The molecule has 0 spiro atoms. The molecule has 1 aromatic carbocycles. The molecule has 0 bridgehead atoms. The summed E-state index contributed by atoms with van der Waals surface area (Å²) in [6.45, 7) is 7.57. The van der Waals surface area contributed by atoms with Crippen molar-refractivity contribution in [3.05, 3.63) is 28.7 Å². The lowest BCUT2D eigenvalue weighted by atomic mass is 10.1. The lowest BCUT2D eigenvalue weighted by molar-refractivity contribution is 0.321. The molecule has 19 heavy (non-hydrogen) atoms. The molecule has 0 amide bonds. The molecule has 0 heterocycles. The van der Waals surface area contributed by atoms with Crippen LogP contribution in [0.3, 0.4) is 0 Å². The van der Waals surface area contributed by atoms with E-state index in [9.17, 15) is 0 Å². The zero-order valence-corrected chi connectivity index (χ0v) is 13.5. The number of rotatable bonds is 4. The predicted molar refractivity (Wildman–Crippen MR) is 83.9 cm³/mol. The van der Waals surface area contributed by atoms with Crippen LogP contribution in [0.1, 0.15) is 20.8 Å². The molecule has 0 fully saturated rings. The van der Waals surface area contributed by atoms with Gasteiger partial charge in [-0.15, -0.1) is 0 Å². The first-order valence-corrected chi connectivity index (χ1v) is 7.07. The number of hydrogen-bond donors (Lipinski definition) is 2. The second kappa shape index (κ2) is 7.38. The molecule has 0 aliphatic rings. The van der Waals surface area contributed by atoms with Crippen molar-refractivity contribution >= 4 is 21.9 Å². The van der Waals surface area contributed by atoms with Gasteiger partial charge in [0, 0.05) is 17.1 Å². The Balaban J connectivity index is 2.30. The molecular formula is C14H22BrN3O. The van der Waals surface area contributed by atoms with Crippen LogP contribution in [0.2, 0.25) is 0 Å². The molecule has 4 nitrogen and oxygen atoms in total. The van der Waals surface area contributed by atoms with Gasteiger partial charge in [0.25, 0.3) is 0 Å². The largest absolute Gasteiger partial charge is 0.492 e. The van der Waals surface area contributed by atoms with Crippen LogP contribution in [0, 0.1) is 0 Å². The average molecular weight is 328 g/mol. The molecular weight excluding hydrogens is 306 g/mol. The Morgan fingerprint density at radius 1 is 1.37 bits per heavy atom. The molecule has 1 aromatic rings. The highest BCUT2D eigenvalue weighted by Gasteiger charge is 2.11. The third kappa shape index (κ3) is 7.06. The van der Waals surface area contributed by atoms with Crippen molar-refractivity contribution in [1.29, 1.82) is 0 Å². The summed E-state index contributed by atoms with van der Waals surface area (Å²) >= 11 is 3.41. The Labute approximate surface area is 123 Å². The third-order valence-electron chi connectivity index (χ3n) is 2.18. The number of guanidine groups is 1. The number of ether oxygens (including phenoxy) is 1. The van der Waals surface area contributed by atoms with Gasteiger partial charge in [-0.2, -0.15) is 0 Å². The first-order chi connectivity index (χ1) is 8.90. The zero-order chi connectivity index (χ0) is 14.3. The summed E-state index contributed by atoms with van der Waals surface area (Å²) < 4.78 is 6.65. The van der Waals surface area contributed by atoms with Gasteiger partial charge < -0.3 is 15.4 Å². The predicted octanol–water partition coefficient (Wildman–Crippen LogP) is 2.79. The topological polar surface area (TPSA) is 45.7 Å². The molecule has 5 heteroatoms. The van der Waals surface area contributed by atoms with E-state index in [-0.39, 0.29) is 5.54 Å². The monoisotopic (exact) mass is 327 g/mol. The Morgan fingerprint density at radius 3 is 2.68 bits per heavy atom. The highest BCUT2D eigenvalue weighted by Crippen LogP contribution is 2.17. The van der Waals surface area contributed by atoms with Crippen LogP contribution in [0.4, 0.5) is 0 Å². The minimum absolute atomic E-state index is 0.00695. The number of hydrogen-bond acceptors (Lipinski definition) is 2. The van der Waals surface area contributed by atoms with Gasteiger partial charge in [-0.05, 0) is 39.0 Å². The van der Waals surface area contributed by atoms with Crippen LogP contribution in [0.5, 0.6) is 5.75 Å². The van der Waals surface area contributed by atoms with Crippen LogP contribution < -0.4 is 15.4 Å². The van der Waals surface area contributed by atoms with Gasteiger partial charge >= 0.3 is 0 Å². The summed E-state index contributed by atoms with van der Waals surface area (Å²) in [5, 5.41) is 6.50. The molecule has 1 rings (SSSR count). The summed E-state index contributed by atoms with van der Waals surface area (Å²) in [4.78, 5) is 4.16. The van der Waals surface area contributed by atoms with Crippen LogP contribution in [-0.4, -0.2) is 31.7 Å². The normalized spacial score (nSPS) is 12.2. The van der Waals surface area contributed by atoms with Crippen molar-refractivity contribution in [1.82, 2.24) is 10.6 Å². The van der Waals surface area contributed by atoms with Crippen molar-refractivity contribution in [2.24, 2.45) is 4.99 Å². The highest BCUT2D eigenvalue weighted by molar-refractivity contribution is 9.10. The van der Waals surface area contributed by atoms with E-state index in [4.69, 9.17) is 4.74 Å². The van der Waals surface area contributed by atoms with Crippen molar-refractivity contribution in [2.45, 2.75) is 26.3 Å². The van der Waals surface area contributed by atoms with Gasteiger partial charge in [-0.3, -0.25) is 4.99 Å². The van der Waals surface area contributed by atoms with Crippen LogP contribution >= 0.6 is 15.9 Å². The summed E-state index contributed by atoms with van der Waals surface area (Å²) in [6.07, 6.45) is 0. The quantitative estimate of drug-likeness (QED) is 0.508. The van der Waals surface area contributed by atoms with Crippen LogP contribution in [0.15, 0.2) is 33.7 Å². The van der Waals surface area contributed by atoms with Crippen LogP contribution in [-0.2, 0) is 0 Å². The average Bonchev–Trinajstić information content (AvgIpc) is 2.31. The maximum atomic E-state index is 5.64. The van der Waals surface area contributed by atoms with E-state index in [1.807, 2.05) is 24.3 Å². The number of halogens is 1. The number of nitrogens with one attached hydrogen (secondary N) is 2. The van der Waals surface area contributed by atoms with E-state index in [1.54, 1.807) is 7.05 Å². The fourth-order valence-corrected chi connectivity index (χ4v) is 1.81. The lowest BCUT2D eigenvalue weighted by Gasteiger charge is -2.23. The molecule has 0 aliphatic carbocycles. The van der Waals surface area contributed by atoms with E-state index in [1.165, 1.54) is 0 Å². The van der Waals surface area contributed by atoms with E-state index in [0.29, 0.717) is 13.2 Å². The fourth-order valence-electron chi connectivity index (χ4n) is 1.43. The Bertz CT molecular complexity index is 427. The molecule has 0 unspecified atom stereocenters. The van der Waals surface area contributed by atoms with Crippen molar-refractivity contribution in [2.75, 3.05) is 20.2 Å². The SMILES string of the molecule is CN=C(NCCOc1cccc(Br)c1)NC(C)(C)C. The Hall–Kier alpha value is -1.23. The van der Waals surface area contributed by atoms with Crippen molar-refractivity contribution in [3.63, 3.8) is 0 Å². The highest BCUT2D eigenvalue weighted by atomic mass is 79.9. The van der Waals surface area contributed by atoms with Crippen molar-refractivity contribution in [3.8, 4) is 5.75 Å². The fraction of sp³-hybridized carbons (Fsp3) is 0.500. The summed E-state index contributed by atoms with van der Waals surface area (Å²) in [6, 6.07) is 7.81. The molecule has 0 atom stereocenters. The molecule has 0 saturated carbocycles. The summed E-state index contributed by atoms with van der Waals surface area (Å²) in [5.74, 6) is 1.64. The maximum absolute atomic E-state index is 5.64. The van der Waals surface area contributed by atoms with E-state index < -0.39 is 0 Å². The van der Waals surface area contributed by atoms with Gasteiger partial charge in [0.05, 0.1) is 6.54 Å². The molecule has 0 radical (unpaired) electrons. The molecule has 106 valence electrons. The Kier molecular flexibility index (Phi) is 6.15. The maximum Gasteiger partial charge on any atom is 0.191 e. The van der Waals surface area contributed by atoms with Gasteiger partial charge in [-0.25, -0.2) is 0 Å². The second-order valence-corrected chi connectivity index (χ2v) is 6.10. The summed E-state index contributed by atoms with van der Waals surface area (Å²) in [5.41, 5.74) is -0.00695. The molecule has 0 aromatic heterocycles. The van der Waals surface area contributed by atoms with E-state index in [2.05, 4.69) is 52.3 Å². The number of benzene rings is 1. The first kappa shape index (κ1) is 15.8. The second-order valence-electron chi connectivity index (χ2n) is 5.18. The van der Waals surface area contributed by atoms with Crippen molar-refractivity contribution < 1.29 is 4.74 Å². The number of nitrogens with zero attached hydrogens (tertiary/aromatic N) is 1. The van der Waals surface area contributed by atoms with Gasteiger partial charge in [0.1, 0.15) is 12.4 Å². The van der Waals surface area contributed by atoms with E-state index in [0.717, 1.165) is 16.2 Å². The molecule has 2 N–H and O–H groups in total. The number of aliphatic imine (C=N–C) groups is 1. The smallest absolute Gasteiger partial charge is 0.191 e. The zero-order valence-electron chi connectivity index (χ0n) is 12.0. The minimum Gasteiger partial charge on any atom is -0.492 e. The molecule has 0 saturated heterocycles. The Morgan fingerprint density at radius 2 is 2.11 bits per heavy atom. The first-order valence-electron chi connectivity index (χ1n) is 6.28. The van der Waals surface area contributed by atoms with Gasteiger partial charge in [-0.1, -0.05) is 22.0 Å². The lowest BCUT2D eigenvalue weighted by Crippen LogP contribution is -2.48. The minimum atomic E-state index is -0.00695. The standard InChI is InChI=1S/C14H22BrN3O/c1-14(2,3)18-13(16-4)17-8-9-19-12-7-5-6-11(15)10-12/h5-7,10H,8-9H2,1-4H3,(H2,16,17,18). The summed E-state index contributed by atoms with van der Waals surface area (Å²) in [7, 11) is 1.76. The van der Waals surface area contributed by atoms with Gasteiger partial charge in [0.15, 0.2) is 5.96 Å². The molecule has 0 aliphatic heterocycles. The van der Waals surface area contributed by atoms with Crippen LogP contribution in [0.25, 0.3) is 0 Å². The third-order valence-corrected chi connectivity index (χ3v) is 2.67. The van der Waals surface area contributed by atoms with E-state index >= 15 is 0 Å².